The quantitative estimate of drug-likeness (QED) is 0.854. The molecule has 110 valence electrons. The van der Waals surface area contributed by atoms with Gasteiger partial charge in [-0.1, -0.05) is 18.2 Å². The lowest BCUT2D eigenvalue weighted by atomic mass is 10.1. The van der Waals surface area contributed by atoms with Crippen molar-refractivity contribution in [3.05, 3.63) is 57.8 Å². The number of nitrogens with one attached hydrogen (secondary N) is 2. The monoisotopic (exact) mass is 350 g/mol. The number of benzene rings is 2. The highest BCUT2D eigenvalue weighted by molar-refractivity contribution is 9.10. The van der Waals surface area contributed by atoms with Crippen molar-refractivity contribution in [2.45, 2.75) is 20.4 Å². The lowest BCUT2D eigenvalue weighted by molar-refractivity contribution is -0.114. The van der Waals surface area contributed by atoms with Crippen molar-refractivity contribution in [3.63, 3.8) is 0 Å². The Morgan fingerprint density at radius 2 is 1.95 bits per heavy atom. The van der Waals surface area contributed by atoms with Crippen LogP contribution in [0.25, 0.3) is 0 Å². The molecule has 0 aliphatic carbocycles. The molecule has 5 heteroatoms. The molecule has 0 aliphatic heterocycles. The van der Waals surface area contributed by atoms with Crippen LogP contribution in [0, 0.1) is 12.7 Å². The average molecular weight is 351 g/mol. The van der Waals surface area contributed by atoms with Crippen LogP contribution in [-0.4, -0.2) is 5.91 Å². The minimum Gasteiger partial charge on any atom is -0.381 e. The van der Waals surface area contributed by atoms with Crippen LogP contribution in [0.4, 0.5) is 15.8 Å². The van der Waals surface area contributed by atoms with Gasteiger partial charge >= 0.3 is 0 Å². The number of carbonyl (C=O) groups is 1. The molecule has 0 saturated heterocycles. The normalized spacial score (nSPS) is 10.3. The standard InChI is InChI=1S/C16H16BrFN2O/c1-10-7-14(18)13(17)8-16(10)19-9-12-5-3-4-6-15(12)20-11(2)21/h3-8,19H,9H2,1-2H3,(H,20,21). The van der Waals surface area contributed by atoms with Crippen LogP contribution >= 0.6 is 15.9 Å². The largest absolute Gasteiger partial charge is 0.381 e. The van der Waals surface area contributed by atoms with E-state index in [1.54, 1.807) is 6.07 Å². The first-order valence-electron chi connectivity index (χ1n) is 6.52. The summed E-state index contributed by atoms with van der Waals surface area (Å²) in [4.78, 5) is 11.2. The molecule has 0 bridgehead atoms. The van der Waals surface area contributed by atoms with Gasteiger partial charge < -0.3 is 10.6 Å². The first kappa shape index (κ1) is 15.5. The second-order valence-corrected chi connectivity index (χ2v) is 5.63. The van der Waals surface area contributed by atoms with Crippen molar-refractivity contribution < 1.29 is 9.18 Å². The molecule has 0 aliphatic rings. The second kappa shape index (κ2) is 6.72. The third kappa shape index (κ3) is 4.04. The van der Waals surface area contributed by atoms with Gasteiger partial charge in [-0.05, 0) is 52.2 Å². The number of para-hydroxylation sites is 1. The summed E-state index contributed by atoms with van der Waals surface area (Å²) >= 11 is 3.18. The summed E-state index contributed by atoms with van der Waals surface area (Å²) in [6, 6.07) is 10.8. The molecule has 3 nitrogen and oxygen atoms in total. The number of hydrogen-bond donors (Lipinski definition) is 2. The lowest BCUT2D eigenvalue weighted by Crippen LogP contribution is -2.10. The van der Waals surface area contributed by atoms with Gasteiger partial charge in [0.25, 0.3) is 0 Å². The summed E-state index contributed by atoms with van der Waals surface area (Å²) in [6.45, 7) is 3.86. The van der Waals surface area contributed by atoms with Gasteiger partial charge in [0.2, 0.25) is 5.91 Å². The van der Waals surface area contributed by atoms with Gasteiger partial charge in [-0.2, -0.15) is 0 Å². The lowest BCUT2D eigenvalue weighted by Gasteiger charge is -2.14. The molecule has 0 atom stereocenters. The number of rotatable bonds is 4. The average Bonchev–Trinajstić information content (AvgIpc) is 2.42. The zero-order valence-corrected chi connectivity index (χ0v) is 13.4. The zero-order valence-electron chi connectivity index (χ0n) is 11.8. The molecule has 0 aromatic heterocycles. The maximum absolute atomic E-state index is 13.4. The molecule has 2 rings (SSSR count). The Bertz CT molecular complexity index is 673. The van der Waals surface area contributed by atoms with E-state index in [0.717, 1.165) is 22.5 Å². The van der Waals surface area contributed by atoms with Crippen molar-refractivity contribution in [2.75, 3.05) is 10.6 Å². The zero-order chi connectivity index (χ0) is 15.4. The number of amides is 1. The van der Waals surface area contributed by atoms with E-state index in [-0.39, 0.29) is 11.7 Å². The molecule has 0 saturated carbocycles. The molecule has 0 spiro atoms. The van der Waals surface area contributed by atoms with Gasteiger partial charge in [0.05, 0.1) is 4.47 Å². The summed E-state index contributed by atoms with van der Waals surface area (Å²) < 4.78 is 13.8. The van der Waals surface area contributed by atoms with E-state index in [1.165, 1.54) is 13.0 Å². The van der Waals surface area contributed by atoms with Gasteiger partial charge in [-0.3, -0.25) is 4.79 Å². The smallest absolute Gasteiger partial charge is 0.221 e. The van der Waals surface area contributed by atoms with Crippen LogP contribution in [0.1, 0.15) is 18.1 Å². The third-order valence-corrected chi connectivity index (χ3v) is 3.67. The fourth-order valence-corrected chi connectivity index (χ4v) is 2.36. The summed E-state index contributed by atoms with van der Waals surface area (Å²) in [5.41, 5.74) is 3.41. The van der Waals surface area contributed by atoms with Crippen molar-refractivity contribution in [1.82, 2.24) is 0 Å². The Balaban J connectivity index is 2.17. The van der Waals surface area contributed by atoms with E-state index in [1.807, 2.05) is 31.2 Å². The van der Waals surface area contributed by atoms with E-state index >= 15 is 0 Å². The number of hydrogen-bond acceptors (Lipinski definition) is 2. The molecule has 0 fully saturated rings. The first-order chi connectivity index (χ1) is 9.97. The Hall–Kier alpha value is -1.88. The highest BCUT2D eigenvalue weighted by atomic mass is 79.9. The van der Waals surface area contributed by atoms with Crippen LogP contribution in [0.15, 0.2) is 40.9 Å². The Morgan fingerprint density at radius 3 is 2.67 bits per heavy atom. The highest BCUT2D eigenvalue weighted by Crippen LogP contribution is 2.25. The van der Waals surface area contributed by atoms with Gasteiger partial charge in [-0.25, -0.2) is 4.39 Å². The molecular formula is C16H16BrFN2O. The van der Waals surface area contributed by atoms with Crippen LogP contribution < -0.4 is 10.6 Å². The molecule has 2 aromatic rings. The van der Waals surface area contributed by atoms with Crippen molar-refractivity contribution >= 4 is 33.2 Å². The van der Waals surface area contributed by atoms with Crippen LogP contribution in [0.2, 0.25) is 0 Å². The topological polar surface area (TPSA) is 41.1 Å². The summed E-state index contributed by atoms with van der Waals surface area (Å²) in [5, 5.41) is 6.06. The number of carbonyl (C=O) groups excluding carboxylic acids is 1. The van der Waals surface area contributed by atoms with E-state index < -0.39 is 0 Å². The minimum atomic E-state index is -0.281. The molecule has 1 amide bonds. The highest BCUT2D eigenvalue weighted by Gasteiger charge is 2.07. The van der Waals surface area contributed by atoms with Crippen LogP contribution in [0.3, 0.4) is 0 Å². The fraction of sp³-hybridized carbons (Fsp3) is 0.188. The molecule has 2 N–H and O–H groups in total. The number of aryl methyl sites for hydroxylation is 1. The minimum absolute atomic E-state index is 0.108. The van der Waals surface area contributed by atoms with Crippen LogP contribution in [0.5, 0.6) is 0 Å². The maximum Gasteiger partial charge on any atom is 0.221 e. The molecule has 21 heavy (non-hydrogen) atoms. The van der Waals surface area contributed by atoms with Crippen molar-refractivity contribution in [1.29, 1.82) is 0 Å². The van der Waals surface area contributed by atoms with Gasteiger partial charge in [0.1, 0.15) is 5.82 Å². The summed E-state index contributed by atoms with van der Waals surface area (Å²) in [7, 11) is 0. The number of anilines is 2. The Morgan fingerprint density at radius 1 is 1.24 bits per heavy atom. The predicted molar refractivity (Wildman–Crippen MR) is 86.9 cm³/mol. The SMILES string of the molecule is CC(=O)Nc1ccccc1CNc1cc(Br)c(F)cc1C. The van der Waals surface area contributed by atoms with E-state index in [2.05, 4.69) is 26.6 Å². The molecule has 0 radical (unpaired) electrons. The van der Waals surface area contributed by atoms with Gasteiger partial charge in [0, 0.05) is 24.8 Å². The van der Waals surface area contributed by atoms with Gasteiger partial charge in [0.15, 0.2) is 0 Å². The first-order valence-corrected chi connectivity index (χ1v) is 7.31. The summed E-state index contributed by atoms with van der Waals surface area (Å²) in [5.74, 6) is -0.389. The van der Waals surface area contributed by atoms with Crippen LogP contribution in [-0.2, 0) is 11.3 Å². The Labute approximate surface area is 131 Å². The fourth-order valence-electron chi connectivity index (χ4n) is 2.01. The summed E-state index contributed by atoms with van der Waals surface area (Å²) in [6.07, 6.45) is 0. The third-order valence-electron chi connectivity index (χ3n) is 3.06. The number of halogens is 2. The van der Waals surface area contributed by atoms with E-state index in [0.29, 0.717) is 11.0 Å². The molecular weight excluding hydrogens is 335 g/mol. The van der Waals surface area contributed by atoms with Crippen molar-refractivity contribution in [2.24, 2.45) is 0 Å². The second-order valence-electron chi connectivity index (χ2n) is 4.77. The maximum atomic E-state index is 13.4. The predicted octanol–water partition coefficient (Wildman–Crippen LogP) is 4.47. The molecule has 0 heterocycles. The van der Waals surface area contributed by atoms with Crippen molar-refractivity contribution in [3.8, 4) is 0 Å². The van der Waals surface area contributed by atoms with E-state index in [9.17, 15) is 9.18 Å². The molecule has 2 aromatic carbocycles. The van der Waals surface area contributed by atoms with Gasteiger partial charge in [-0.15, -0.1) is 0 Å². The van der Waals surface area contributed by atoms with E-state index in [4.69, 9.17) is 0 Å². The Kier molecular flexibility index (Phi) is 4.96. The molecule has 0 unspecified atom stereocenters.